The van der Waals surface area contributed by atoms with Crippen molar-refractivity contribution in [3.05, 3.63) is 70.6 Å². The standard InChI is InChI=1S/C23H21N5OS2/c1-4-12-28-21(29)20(22-27(3)18-8-6-7-9-19(18)30-22)31-23(28)26-17-13-15(14-24)10-11-16(17)25-5-2/h4,6-11,13,25H,1,5,12H2,2-3H3/b22-20-,26-23?. The van der Waals surface area contributed by atoms with Gasteiger partial charge in [-0.25, -0.2) is 4.99 Å². The first-order valence-electron chi connectivity index (χ1n) is 9.79. The van der Waals surface area contributed by atoms with Crippen LogP contribution in [-0.2, 0) is 4.79 Å². The van der Waals surface area contributed by atoms with Crippen LogP contribution >= 0.6 is 23.5 Å². The molecule has 0 radical (unpaired) electrons. The lowest BCUT2D eigenvalue weighted by Gasteiger charge is -2.15. The quantitative estimate of drug-likeness (QED) is 0.505. The zero-order valence-corrected chi connectivity index (χ0v) is 18.9. The normalized spacial score (nSPS) is 19.0. The largest absolute Gasteiger partial charge is 0.384 e. The summed E-state index contributed by atoms with van der Waals surface area (Å²) in [6.07, 6.45) is 1.69. The number of nitrogens with one attached hydrogen (secondary N) is 1. The van der Waals surface area contributed by atoms with E-state index in [4.69, 9.17) is 4.99 Å². The third kappa shape index (κ3) is 3.94. The number of carbonyl (C=O) groups excluding carboxylic acids is 1. The van der Waals surface area contributed by atoms with Crippen LogP contribution < -0.4 is 10.2 Å². The smallest absolute Gasteiger partial charge is 0.269 e. The Morgan fingerprint density at radius 2 is 2.06 bits per heavy atom. The average Bonchev–Trinajstić information content (AvgIpc) is 3.27. The molecule has 31 heavy (non-hydrogen) atoms. The van der Waals surface area contributed by atoms with Crippen molar-refractivity contribution in [2.45, 2.75) is 11.8 Å². The van der Waals surface area contributed by atoms with E-state index in [0.29, 0.717) is 27.9 Å². The van der Waals surface area contributed by atoms with Gasteiger partial charge >= 0.3 is 0 Å². The molecular weight excluding hydrogens is 426 g/mol. The average molecular weight is 448 g/mol. The van der Waals surface area contributed by atoms with Gasteiger partial charge < -0.3 is 10.2 Å². The summed E-state index contributed by atoms with van der Waals surface area (Å²) in [7, 11) is 1.97. The predicted octanol–water partition coefficient (Wildman–Crippen LogP) is 5.15. The number of hydrogen-bond donors (Lipinski definition) is 1. The van der Waals surface area contributed by atoms with E-state index in [1.807, 2.05) is 38.2 Å². The Morgan fingerprint density at radius 1 is 1.26 bits per heavy atom. The van der Waals surface area contributed by atoms with Gasteiger partial charge in [0.1, 0.15) is 4.91 Å². The highest BCUT2D eigenvalue weighted by atomic mass is 32.2. The number of benzene rings is 2. The monoisotopic (exact) mass is 447 g/mol. The first-order valence-corrected chi connectivity index (χ1v) is 11.4. The summed E-state index contributed by atoms with van der Waals surface area (Å²) in [6.45, 7) is 6.88. The number of thioether (sulfide) groups is 2. The molecule has 1 N–H and O–H groups in total. The van der Waals surface area contributed by atoms with Crippen molar-refractivity contribution in [3.63, 3.8) is 0 Å². The lowest BCUT2D eigenvalue weighted by atomic mass is 10.2. The van der Waals surface area contributed by atoms with Crippen LogP contribution in [0.5, 0.6) is 0 Å². The second-order valence-corrected chi connectivity index (χ2v) is 8.85. The van der Waals surface area contributed by atoms with Crippen molar-refractivity contribution < 1.29 is 4.79 Å². The van der Waals surface area contributed by atoms with E-state index < -0.39 is 0 Å². The number of aliphatic imine (C=N–C) groups is 1. The number of amides is 1. The maximum atomic E-state index is 13.3. The molecule has 6 nitrogen and oxygen atoms in total. The molecule has 2 aromatic carbocycles. The molecule has 0 atom stereocenters. The Labute approximate surface area is 190 Å². The summed E-state index contributed by atoms with van der Waals surface area (Å²) in [6, 6.07) is 15.6. The topological polar surface area (TPSA) is 71.7 Å². The number of carbonyl (C=O) groups is 1. The van der Waals surface area contributed by atoms with Crippen LogP contribution in [-0.4, -0.2) is 36.1 Å². The number of amidine groups is 1. The lowest BCUT2D eigenvalue weighted by Crippen LogP contribution is -2.29. The molecule has 0 aliphatic carbocycles. The number of nitriles is 1. The van der Waals surface area contributed by atoms with Crippen molar-refractivity contribution in [2.24, 2.45) is 4.99 Å². The minimum Gasteiger partial charge on any atom is -0.384 e. The minimum atomic E-state index is -0.0905. The molecule has 0 saturated carbocycles. The Kier molecular flexibility index (Phi) is 6.07. The Balaban J connectivity index is 1.77. The van der Waals surface area contributed by atoms with Gasteiger partial charge in [0.15, 0.2) is 5.17 Å². The van der Waals surface area contributed by atoms with E-state index in [1.165, 1.54) is 11.8 Å². The van der Waals surface area contributed by atoms with Crippen LogP contribution in [0.15, 0.2) is 74.9 Å². The van der Waals surface area contributed by atoms with Crippen molar-refractivity contribution in [3.8, 4) is 6.07 Å². The van der Waals surface area contributed by atoms with E-state index in [2.05, 4.69) is 28.9 Å². The summed E-state index contributed by atoms with van der Waals surface area (Å²) >= 11 is 2.95. The van der Waals surface area contributed by atoms with Gasteiger partial charge in [-0.1, -0.05) is 30.0 Å². The molecule has 2 aliphatic heterocycles. The van der Waals surface area contributed by atoms with Crippen molar-refractivity contribution >= 4 is 51.7 Å². The first-order chi connectivity index (χ1) is 15.1. The second-order valence-electron chi connectivity index (χ2n) is 6.84. The Hall–Kier alpha value is -3.15. The molecule has 0 unspecified atom stereocenters. The number of para-hydroxylation sites is 1. The summed E-state index contributed by atoms with van der Waals surface area (Å²) < 4.78 is 0. The molecule has 1 saturated heterocycles. The third-order valence-electron chi connectivity index (χ3n) is 4.82. The van der Waals surface area contributed by atoms with E-state index in [-0.39, 0.29) is 5.91 Å². The molecule has 0 spiro atoms. The molecule has 2 aliphatic rings. The maximum Gasteiger partial charge on any atom is 0.269 e. The zero-order chi connectivity index (χ0) is 22.0. The fourth-order valence-electron chi connectivity index (χ4n) is 3.35. The third-order valence-corrected chi connectivity index (χ3v) is 7.25. The molecule has 8 heteroatoms. The first kappa shape index (κ1) is 21.1. The van der Waals surface area contributed by atoms with E-state index in [9.17, 15) is 10.1 Å². The highest BCUT2D eigenvalue weighted by Crippen LogP contribution is 2.50. The molecule has 0 aromatic heterocycles. The molecule has 2 aromatic rings. The van der Waals surface area contributed by atoms with Gasteiger partial charge in [0.2, 0.25) is 0 Å². The van der Waals surface area contributed by atoms with Crippen LogP contribution in [0, 0.1) is 11.3 Å². The van der Waals surface area contributed by atoms with E-state index in [1.54, 1.807) is 34.9 Å². The molecule has 1 fully saturated rings. The van der Waals surface area contributed by atoms with Crippen LogP contribution in [0.4, 0.5) is 17.1 Å². The van der Waals surface area contributed by atoms with Crippen LogP contribution in [0.25, 0.3) is 0 Å². The number of fused-ring (bicyclic) bond motifs is 1. The van der Waals surface area contributed by atoms with Gasteiger partial charge in [-0.2, -0.15) is 5.26 Å². The van der Waals surface area contributed by atoms with Crippen LogP contribution in [0.1, 0.15) is 12.5 Å². The number of nitrogens with zero attached hydrogens (tertiary/aromatic N) is 4. The van der Waals surface area contributed by atoms with Crippen molar-refractivity contribution in [1.29, 1.82) is 5.26 Å². The molecule has 0 bridgehead atoms. The number of hydrogen-bond acceptors (Lipinski definition) is 7. The molecule has 1 amide bonds. The highest BCUT2D eigenvalue weighted by Gasteiger charge is 2.38. The lowest BCUT2D eigenvalue weighted by molar-refractivity contribution is -0.121. The fourth-order valence-corrected chi connectivity index (χ4v) is 5.69. The molecule has 156 valence electrons. The maximum absolute atomic E-state index is 13.3. The predicted molar refractivity (Wildman–Crippen MR) is 130 cm³/mol. The van der Waals surface area contributed by atoms with Crippen LogP contribution in [0.2, 0.25) is 0 Å². The summed E-state index contributed by atoms with van der Waals surface area (Å²) in [5.41, 5.74) is 3.06. The molecule has 4 rings (SSSR count). The number of anilines is 2. The Bertz CT molecular complexity index is 1160. The number of rotatable bonds is 5. The summed E-state index contributed by atoms with van der Waals surface area (Å²) in [5, 5.41) is 14.0. The zero-order valence-electron chi connectivity index (χ0n) is 17.3. The van der Waals surface area contributed by atoms with Gasteiger partial charge in [-0.05, 0) is 49.0 Å². The fraction of sp³-hybridized carbons (Fsp3) is 0.174. The Morgan fingerprint density at radius 3 is 2.77 bits per heavy atom. The van der Waals surface area contributed by atoms with Gasteiger partial charge in [0.25, 0.3) is 5.91 Å². The van der Waals surface area contributed by atoms with Crippen molar-refractivity contribution in [2.75, 3.05) is 30.4 Å². The van der Waals surface area contributed by atoms with Gasteiger partial charge in [0, 0.05) is 25.0 Å². The molecule has 2 heterocycles. The SMILES string of the molecule is C=CCN1C(=O)/C(=C2/Sc3ccccc3N2C)SC1=Nc1cc(C#N)ccc1NCC. The van der Waals surface area contributed by atoms with Gasteiger partial charge in [-0.3, -0.25) is 9.69 Å². The van der Waals surface area contributed by atoms with Gasteiger partial charge in [-0.15, -0.1) is 6.58 Å². The highest BCUT2D eigenvalue weighted by molar-refractivity contribution is 8.19. The minimum absolute atomic E-state index is 0.0905. The summed E-state index contributed by atoms with van der Waals surface area (Å²) in [4.78, 5) is 23.6. The van der Waals surface area contributed by atoms with Crippen LogP contribution in [0.3, 0.4) is 0 Å². The van der Waals surface area contributed by atoms with Gasteiger partial charge in [0.05, 0.1) is 33.7 Å². The van der Waals surface area contributed by atoms with E-state index >= 15 is 0 Å². The molecular formula is C23H21N5OS2. The second kappa shape index (κ2) is 8.92. The summed E-state index contributed by atoms with van der Waals surface area (Å²) in [5.74, 6) is -0.0905. The van der Waals surface area contributed by atoms with Crippen molar-refractivity contribution in [1.82, 2.24) is 4.90 Å². The van der Waals surface area contributed by atoms with E-state index in [0.717, 1.165) is 27.8 Å².